The van der Waals surface area contributed by atoms with Crippen LogP contribution in [0.4, 0.5) is 0 Å². The molecule has 0 bridgehead atoms. The SMILES string of the molecule is CC(=O)OC1C=C(C)C(C)=CC1(O)OC(C)=O. The number of carbonyl (C=O) groups excluding carboxylic acids is 2. The molecule has 0 aromatic heterocycles. The number of rotatable bonds is 2. The molecule has 2 atom stereocenters. The zero-order chi connectivity index (χ0) is 13.2. The van der Waals surface area contributed by atoms with E-state index in [1.54, 1.807) is 13.0 Å². The topological polar surface area (TPSA) is 72.8 Å². The van der Waals surface area contributed by atoms with Crippen LogP contribution in [0, 0.1) is 0 Å². The molecule has 17 heavy (non-hydrogen) atoms. The third-order valence-corrected chi connectivity index (χ3v) is 2.45. The largest absolute Gasteiger partial charge is 0.451 e. The second kappa shape index (κ2) is 4.71. The highest BCUT2D eigenvalue weighted by Crippen LogP contribution is 2.29. The molecule has 5 nitrogen and oxygen atoms in total. The van der Waals surface area contributed by atoms with Crippen molar-refractivity contribution in [3.05, 3.63) is 23.3 Å². The van der Waals surface area contributed by atoms with E-state index in [9.17, 15) is 14.7 Å². The second-order valence-corrected chi connectivity index (χ2v) is 4.05. The van der Waals surface area contributed by atoms with Gasteiger partial charge in [0.15, 0.2) is 6.10 Å². The average molecular weight is 240 g/mol. The fraction of sp³-hybridized carbons (Fsp3) is 0.500. The maximum Gasteiger partial charge on any atom is 0.305 e. The van der Waals surface area contributed by atoms with Gasteiger partial charge in [0.2, 0.25) is 0 Å². The van der Waals surface area contributed by atoms with Crippen LogP contribution < -0.4 is 0 Å². The zero-order valence-corrected chi connectivity index (χ0v) is 10.3. The standard InChI is InChI=1S/C12H16O5/c1-7-5-11(16-9(3)13)12(15,6-8(7)2)17-10(4)14/h5-6,11,15H,1-4H3. The fourth-order valence-corrected chi connectivity index (χ4v) is 1.60. The van der Waals surface area contributed by atoms with Crippen LogP contribution in [-0.4, -0.2) is 28.9 Å². The van der Waals surface area contributed by atoms with Gasteiger partial charge in [0.05, 0.1) is 0 Å². The lowest BCUT2D eigenvalue weighted by Crippen LogP contribution is -2.47. The lowest BCUT2D eigenvalue weighted by Gasteiger charge is -2.33. The molecule has 0 aromatic carbocycles. The summed E-state index contributed by atoms with van der Waals surface area (Å²) in [5.41, 5.74) is 1.62. The maximum atomic E-state index is 11.0. The second-order valence-electron chi connectivity index (χ2n) is 4.05. The molecule has 0 heterocycles. The third kappa shape index (κ3) is 3.17. The highest BCUT2D eigenvalue weighted by molar-refractivity contribution is 5.68. The summed E-state index contributed by atoms with van der Waals surface area (Å²) >= 11 is 0. The van der Waals surface area contributed by atoms with Crippen molar-refractivity contribution in [1.29, 1.82) is 0 Å². The van der Waals surface area contributed by atoms with E-state index in [4.69, 9.17) is 9.47 Å². The van der Waals surface area contributed by atoms with E-state index in [1.165, 1.54) is 19.9 Å². The van der Waals surface area contributed by atoms with Crippen molar-refractivity contribution in [2.45, 2.75) is 39.6 Å². The lowest BCUT2D eigenvalue weighted by molar-refractivity contribution is -0.221. The number of carbonyl (C=O) groups is 2. The molecular weight excluding hydrogens is 224 g/mol. The third-order valence-electron chi connectivity index (χ3n) is 2.45. The highest BCUT2D eigenvalue weighted by atomic mass is 16.7. The van der Waals surface area contributed by atoms with Crippen LogP contribution in [0.25, 0.3) is 0 Å². The summed E-state index contributed by atoms with van der Waals surface area (Å²) < 4.78 is 9.77. The van der Waals surface area contributed by atoms with E-state index in [0.717, 1.165) is 11.1 Å². The van der Waals surface area contributed by atoms with Gasteiger partial charge in [-0.25, -0.2) is 0 Å². The molecule has 1 N–H and O–H groups in total. The molecule has 0 amide bonds. The monoisotopic (exact) mass is 240 g/mol. The van der Waals surface area contributed by atoms with Crippen molar-refractivity contribution in [2.24, 2.45) is 0 Å². The van der Waals surface area contributed by atoms with Gasteiger partial charge in [0.25, 0.3) is 5.79 Å². The van der Waals surface area contributed by atoms with Gasteiger partial charge in [-0.05, 0) is 37.1 Å². The number of hydrogen-bond donors (Lipinski definition) is 1. The molecule has 0 spiro atoms. The first-order valence-electron chi connectivity index (χ1n) is 5.22. The molecule has 0 fully saturated rings. The fourth-order valence-electron chi connectivity index (χ4n) is 1.60. The molecule has 1 rings (SSSR count). The minimum absolute atomic E-state index is 0.558. The molecule has 5 heteroatoms. The van der Waals surface area contributed by atoms with E-state index in [0.29, 0.717) is 0 Å². The van der Waals surface area contributed by atoms with E-state index < -0.39 is 23.8 Å². The van der Waals surface area contributed by atoms with Crippen molar-refractivity contribution in [2.75, 3.05) is 0 Å². The molecule has 1 aliphatic rings. The van der Waals surface area contributed by atoms with Crippen molar-refractivity contribution >= 4 is 11.9 Å². The van der Waals surface area contributed by atoms with Crippen LogP contribution in [0.2, 0.25) is 0 Å². The summed E-state index contributed by atoms with van der Waals surface area (Å²) in [5.74, 6) is -3.14. The van der Waals surface area contributed by atoms with Crippen LogP contribution in [0.3, 0.4) is 0 Å². The summed E-state index contributed by atoms with van der Waals surface area (Å²) in [6.07, 6.45) is 1.91. The molecule has 0 aromatic rings. The minimum Gasteiger partial charge on any atom is -0.451 e. The average Bonchev–Trinajstić information content (AvgIpc) is 2.12. The molecule has 0 aliphatic heterocycles. The molecule has 0 saturated carbocycles. The lowest BCUT2D eigenvalue weighted by atomic mass is 9.93. The summed E-state index contributed by atoms with van der Waals surface area (Å²) in [6.45, 7) is 5.99. The smallest absolute Gasteiger partial charge is 0.305 e. The Labute approximate surface area is 99.7 Å². The zero-order valence-electron chi connectivity index (χ0n) is 10.3. The Balaban J connectivity index is 3.06. The Morgan fingerprint density at radius 3 is 2.29 bits per heavy atom. The van der Waals surface area contributed by atoms with Crippen molar-refractivity contribution < 1.29 is 24.2 Å². The Hall–Kier alpha value is -1.62. The van der Waals surface area contributed by atoms with Gasteiger partial charge in [-0.2, -0.15) is 0 Å². The van der Waals surface area contributed by atoms with E-state index in [-0.39, 0.29) is 0 Å². The predicted octanol–water partition coefficient (Wildman–Crippen LogP) is 1.08. The van der Waals surface area contributed by atoms with Crippen LogP contribution in [0.1, 0.15) is 27.7 Å². The molecule has 0 radical (unpaired) electrons. The van der Waals surface area contributed by atoms with Crippen LogP contribution >= 0.6 is 0 Å². The number of esters is 2. The van der Waals surface area contributed by atoms with Crippen LogP contribution in [0.15, 0.2) is 23.3 Å². The Morgan fingerprint density at radius 2 is 1.82 bits per heavy atom. The van der Waals surface area contributed by atoms with Gasteiger partial charge in [0, 0.05) is 13.8 Å². The summed E-state index contributed by atoms with van der Waals surface area (Å²) in [7, 11) is 0. The quantitative estimate of drug-likeness (QED) is 0.577. The van der Waals surface area contributed by atoms with Gasteiger partial charge in [-0.3, -0.25) is 9.59 Å². The number of hydrogen-bond acceptors (Lipinski definition) is 5. The van der Waals surface area contributed by atoms with Gasteiger partial charge >= 0.3 is 11.9 Å². The van der Waals surface area contributed by atoms with Crippen molar-refractivity contribution in [3.8, 4) is 0 Å². The number of ether oxygens (including phenoxy) is 2. The molecule has 0 saturated heterocycles. The molecule has 94 valence electrons. The molecule has 1 aliphatic carbocycles. The first-order valence-corrected chi connectivity index (χ1v) is 5.22. The summed E-state index contributed by atoms with van der Waals surface area (Å²) in [5, 5.41) is 10.2. The van der Waals surface area contributed by atoms with Crippen molar-refractivity contribution in [1.82, 2.24) is 0 Å². The van der Waals surface area contributed by atoms with E-state index in [2.05, 4.69) is 0 Å². The molecular formula is C12H16O5. The van der Waals surface area contributed by atoms with Gasteiger partial charge < -0.3 is 14.6 Å². The van der Waals surface area contributed by atoms with Gasteiger partial charge in [-0.1, -0.05) is 0 Å². The minimum atomic E-state index is -1.93. The maximum absolute atomic E-state index is 11.0. The predicted molar refractivity (Wildman–Crippen MR) is 59.8 cm³/mol. The van der Waals surface area contributed by atoms with Gasteiger partial charge in [-0.15, -0.1) is 0 Å². The van der Waals surface area contributed by atoms with E-state index >= 15 is 0 Å². The Kier molecular flexibility index (Phi) is 3.72. The first kappa shape index (κ1) is 13.4. The van der Waals surface area contributed by atoms with Gasteiger partial charge in [0.1, 0.15) is 0 Å². The first-order chi connectivity index (χ1) is 7.74. The van der Waals surface area contributed by atoms with Crippen LogP contribution in [0.5, 0.6) is 0 Å². The van der Waals surface area contributed by atoms with Crippen molar-refractivity contribution in [3.63, 3.8) is 0 Å². The normalized spacial score (nSPS) is 27.9. The number of aliphatic hydroxyl groups is 1. The van der Waals surface area contributed by atoms with Crippen LogP contribution in [-0.2, 0) is 19.1 Å². The molecule has 2 unspecified atom stereocenters. The Bertz CT molecular complexity index is 407. The number of allylic oxidation sites excluding steroid dienone is 2. The highest BCUT2D eigenvalue weighted by Gasteiger charge is 2.42. The summed E-state index contributed by atoms with van der Waals surface area (Å²) in [6, 6.07) is 0. The summed E-state index contributed by atoms with van der Waals surface area (Å²) in [4.78, 5) is 21.9. The van der Waals surface area contributed by atoms with E-state index in [1.807, 2.05) is 6.92 Å². The Morgan fingerprint density at radius 1 is 1.24 bits per heavy atom.